The molecule has 1 aliphatic heterocycles. The van der Waals surface area contributed by atoms with E-state index in [1.807, 2.05) is 42.5 Å². The molecule has 1 N–H and O–H groups in total. The van der Waals surface area contributed by atoms with Crippen molar-refractivity contribution in [3.63, 3.8) is 0 Å². The Balaban J connectivity index is 2.10. The van der Waals surface area contributed by atoms with E-state index in [0.29, 0.717) is 5.75 Å². The van der Waals surface area contributed by atoms with Gasteiger partial charge in [0.05, 0.1) is 6.04 Å². The summed E-state index contributed by atoms with van der Waals surface area (Å²) in [5.74, 6) is 0.190. The van der Waals surface area contributed by atoms with Gasteiger partial charge in [0.1, 0.15) is 5.75 Å². The fourth-order valence-corrected chi connectivity index (χ4v) is 3.60. The van der Waals surface area contributed by atoms with Gasteiger partial charge in [-0.15, -0.1) is 6.58 Å². The molecule has 4 nitrogen and oxygen atoms in total. The van der Waals surface area contributed by atoms with Gasteiger partial charge in [-0.1, -0.05) is 54.6 Å². The maximum absolute atomic E-state index is 11.9. The molecule has 2 aromatic carbocycles. The Morgan fingerprint density at radius 2 is 1.76 bits per heavy atom. The van der Waals surface area contributed by atoms with Gasteiger partial charge in [-0.05, 0) is 11.6 Å². The Bertz CT molecular complexity index is 756. The smallest absolute Gasteiger partial charge is 0.371 e. The van der Waals surface area contributed by atoms with Gasteiger partial charge in [0.15, 0.2) is 0 Å². The second kappa shape index (κ2) is 5.35. The molecule has 1 heterocycles. The van der Waals surface area contributed by atoms with E-state index in [2.05, 4.69) is 11.3 Å². The fourth-order valence-electron chi connectivity index (χ4n) is 2.58. The molecule has 0 saturated carbocycles. The predicted octanol–water partition coefficient (Wildman–Crippen LogP) is 2.92. The van der Waals surface area contributed by atoms with Crippen LogP contribution in [0.25, 0.3) is 0 Å². The molecule has 0 spiro atoms. The second-order valence-electron chi connectivity index (χ2n) is 4.84. The van der Waals surface area contributed by atoms with Crippen molar-refractivity contribution in [3.8, 4) is 5.75 Å². The van der Waals surface area contributed by atoms with Crippen LogP contribution in [-0.2, 0) is 10.3 Å². The number of benzene rings is 2. The molecular formula is C16H15NO3S. The van der Waals surface area contributed by atoms with Crippen LogP contribution in [0, 0.1) is 0 Å². The molecule has 0 aromatic heterocycles. The summed E-state index contributed by atoms with van der Waals surface area (Å²) in [6.45, 7) is 3.86. The summed E-state index contributed by atoms with van der Waals surface area (Å²) in [5, 5.41) is 0. The van der Waals surface area contributed by atoms with E-state index in [4.69, 9.17) is 4.18 Å². The van der Waals surface area contributed by atoms with E-state index in [1.165, 1.54) is 0 Å². The molecule has 0 bridgehead atoms. The van der Waals surface area contributed by atoms with Crippen LogP contribution in [0.2, 0.25) is 0 Å². The predicted molar refractivity (Wildman–Crippen MR) is 81.2 cm³/mol. The van der Waals surface area contributed by atoms with E-state index in [9.17, 15) is 8.42 Å². The lowest BCUT2D eigenvalue weighted by Crippen LogP contribution is -2.39. The summed E-state index contributed by atoms with van der Waals surface area (Å²) >= 11 is 0. The van der Waals surface area contributed by atoms with E-state index >= 15 is 0 Å². The Labute approximate surface area is 124 Å². The van der Waals surface area contributed by atoms with Gasteiger partial charge >= 0.3 is 10.3 Å². The van der Waals surface area contributed by atoms with Crippen molar-refractivity contribution in [1.29, 1.82) is 0 Å². The minimum absolute atomic E-state index is 0.175. The van der Waals surface area contributed by atoms with Gasteiger partial charge in [0.25, 0.3) is 0 Å². The summed E-state index contributed by atoms with van der Waals surface area (Å²) in [7, 11) is -3.81. The molecule has 0 unspecified atom stereocenters. The highest BCUT2D eigenvalue weighted by Gasteiger charge is 2.34. The number of fused-ring (bicyclic) bond motifs is 1. The molecule has 3 rings (SSSR count). The van der Waals surface area contributed by atoms with E-state index < -0.39 is 16.3 Å². The van der Waals surface area contributed by atoms with Crippen molar-refractivity contribution < 1.29 is 12.6 Å². The first-order valence-electron chi connectivity index (χ1n) is 6.59. The van der Waals surface area contributed by atoms with E-state index in [0.717, 1.165) is 11.1 Å². The zero-order chi connectivity index (χ0) is 14.9. The van der Waals surface area contributed by atoms with Crippen LogP contribution in [0.1, 0.15) is 23.1 Å². The molecular weight excluding hydrogens is 286 g/mol. The third-order valence-electron chi connectivity index (χ3n) is 3.52. The lowest BCUT2D eigenvalue weighted by molar-refractivity contribution is 0.418. The minimum atomic E-state index is -3.81. The van der Waals surface area contributed by atoms with Crippen LogP contribution >= 0.6 is 0 Å². The summed E-state index contributed by atoms with van der Waals surface area (Å²) in [6, 6.07) is 16.4. The standard InChI is InChI=1S/C16H15NO3S/c1-2-13(12-8-4-3-5-9-12)16-14-10-6-7-11-15(14)20-21(18,19)17-16/h2-11,13,16-17H,1H2/t13-,16+/m1/s1. The van der Waals surface area contributed by atoms with Crippen molar-refractivity contribution in [2.24, 2.45) is 0 Å². The first-order valence-corrected chi connectivity index (χ1v) is 8.00. The van der Waals surface area contributed by atoms with Crippen LogP contribution in [0.5, 0.6) is 5.75 Å². The monoisotopic (exact) mass is 301 g/mol. The SMILES string of the molecule is C=C[C@H](c1ccccc1)[C@@H]1NS(=O)(=O)Oc2ccccc21. The topological polar surface area (TPSA) is 55.4 Å². The van der Waals surface area contributed by atoms with Crippen molar-refractivity contribution in [3.05, 3.63) is 78.4 Å². The number of hydrogen-bond donors (Lipinski definition) is 1. The van der Waals surface area contributed by atoms with E-state index in [1.54, 1.807) is 18.2 Å². The highest BCUT2D eigenvalue weighted by atomic mass is 32.2. The average Bonchev–Trinajstić information content (AvgIpc) is 2.48. The quantitative estimate of drug-likeness (QED) is 0.887. The van der Waals surface area contributed by atoms with Crippen LogP contribution in [0.15, 0.2) is 67.3 Å². The average molecular weight is 301 g/mol. The molecule has 0 fully saturated rings. The number of hydrogen-bond acceptors (Lipinski definition) is 3. The number of nitrogens with one attached hydrogen (secondary N) is 1. The highest BCUT2D eigenvalue weighted by molar-refractivity contribution is 7.85. The van der Waals surface area contributed by atoms with Crippen LogP contribution in [0.3, 0.4) is 0 Å². The zero-order valence-corrected chi connectivity index (χ0v) is 12.1. The maximum Gasteiger partial charge on any atom is 0.383 e. The first-order chi connectivity index (χ1) is 10.1. The summed E-state index contributed by atoms with van der Waals surface area (Å²) in [5.41, 5.74) is 1.80. The molecule has 0 aliphatic carbocycles. The van der Waals surface area contributed by atoms with Crippen molar-refractivity contribution in [2.75, 3.05) is 0 Å². The fraction of sp³-hybridized carbons (Fsp3) is 0.125. The Morgan fingerprint density at radius 1 is 1.10 bits per heavy atom. The third-order valence-corrected chi connectivity index (χ3v) is 4.46. The molecule has 2 atom stereocenters. The Kier molecular flexibility index (Phi) is 3.53. The number of rotatable bonds is 3. The Hall–Kier alpha value is -2.11. The van der Waals surface area contributed by atoms with Gasteiger partial charge in [-0.25, -0.2) is 0 Å². The first kappa shape index (κ1) is 13.9. The molecule has 0 amide bonds. The second-order valence-corrected chi connectivity index (χ2v) is 6.15. The van der Waals surface area contributed by atoms with Crippen molar-refractivity contribution >= 4 is 10.3 Å². The molecule has 0 radical (unpaired) electrons. The normalized spacial score (nSPS) is 20.9. The van der Waals surface area contributed by atoms with Crippen LogP contribution in [0.4, 0.5) is 0 Å². The summed E-state index contributed by atoms with van der Waals surface area (Å²) < 4.78 is 31.4. The molecule has 21 heavy (non-hydrogen) atoms. The molecule has 2 aromatic rings. The molecule has 108 valence electrons. The van der Waals surface area contributed by atoms with Gasteiger partial charge in [0, 0.05) is 11.5 Å². The van der Waals surface area contributed by atoms with Gasteiger partial charge < -0.3 is 4.18 Å². The van der Waals surface area contributed by atoms with Crippen molar-refractivity contribution in [1.82, 2.24) is 4.72 Å². The van der Waals surface area contributed by atoms with E-state index in [-0.39, 0.29) is 5.92 Å². The molecule has 5 heteroatoms. The lowest BCUT2D eigenvalue weighted by atomic mass is 9.87. The largest absolute Gasteiger partial charge is 0.383 e. The summed E-state index contributed by atoms with van der Waals surface area (Å²) in [6.07, 6.45) is 1.75. The van der Waals surface area contributed by atoms with Gasteiger partial charge in [-0.3, -0.25) is 0 Å². The Morgan fingerprint density at radius 3 is 2.48 bits per heavy atom. The lowest BCUT2D eigenvalue weighted by Gasteiger charge is -2.31. The third kappa shape index (κ3) is 2.70. The van der Waals surface area contributed by atoms with Gasteiger partial charge in [-0.2, -0.15) is 13.1 Å². The zero-order valence-electron chi connectivity index (χ0n) is 11.3. The highest BCUT2D eigenvalue weighted by Crippen LogP contribution is 2.39. The van der Waals surface area contributed by atoms with Crippen LogP contribution < -0.4 is 8.91 Å². The molecule has 1 aliphatic rings. The van der Waals surface area contributed by atoms with Crippen molar-refractivity contribution in [2.45, 2.75) is 12.0 Å². The number of para-hydroxylation sites is 1. The minimum Gasteiger partial charge on any atom is -0.371 e. The summed E-state index contributed by atoms with van der Waals surface area (Å²) in [4.78, 5) is 0. The van der Waals surface area contributed by atoms with Gasteiger partial charge in [0.2, 0.25) is 0 Å². The maximum atomic E-state index is 11.9. The molecule has 0 saturated heterocycles. The van der Waals surface area contributed by atoms with Crippen LogP contribution in [-0.4, -0.2) is 8.42 Å².